The van der Waals surface area contributed by atoms with Crippen LogP contribution in [0, 0.1) is 19.8 Å². The van der Waals surface area contributed by atoms with Gasteiger partial charge in [-0.2, -0.15) is 0 Å². The molecule has 5 heteroatoms. The van der Waals surface area contributed by atoms with Gasteiger partial charge >= 0.3 is 5.97 Å². The molecule has 1 aliphatic rings. The number of rotatable bonds is 8. The number of ether oxygens (including phenoxy) is 1. The number of benzene rings is 2. The molecule has 36 heavy (non-hydrogen) atoms. The second-order valence-electron chi connectivity index (χ2n) is 9.83. The van der Waals surface area contributed by atoms with Crippen molar-refractivity contribution in [2.45, 2.75) is 64.7 Å². The summed E-state index contributed by atoms with van der Waals surface area (Å²) in [4.78, 5) is 29.6. The lowest BCUT2D eigenvalue weighted by Gasteiger charge is -2.28. The molecule has 1 aromatic heterocycles. The van der Waals surface area contributed by atoms with Gasteiger partial charge in [0.05, 0.1) is 12.5 Å². The number of aryl methyl sites for hydroxylation is 2. The third kappa shape index (κ3) is 6.22. The van der Waals surface area contributed by atoms with Gasteiger partial charge in [-0.3, -0.25) is 14.6 Å². The summed E-state index contributed by atoms with van der Waals surface area (Å²) in [5.41, 5.74) is 6.12. The van der Waals surface area contributed by atoms with E-state index in [9.17, 15) is 9.59 Å². The van der Waals surface area contributed by atoms with Crippen molar-refractivity contribution >= 4 is 23.4 Å². The van der Waals surface area contributed by atoms with Gasteiger partial charge < -0.3 is 4.74 Å². The monoisotopic (exact) mass is 503 g/mol. The molecule has 1 fully saturated rings. The van der Waals surface area contributed by atoms with Gasteiger partial charge in [0, 0.05) is 34.8 Å². The fraction of sp³-hybridized carbons (Fsp3) is 0.387. The molecule has 0 spiro atoms. The maximum absolute atomic E-state index is 13.3. The molecular weight excluding hydrogens is 470 g/mol. The smallest absolute Gasteiger partial charge is 0.308 e. The zero-order valence-electron chi connectivity index (χ0n) is 21.3. The first-order valence-electron chi connectivity index (χ1n) is 12.8. The first-order valence-corrected chi connectivity index (χ1v) is 13.2. The molecule has 0 amide bonds. The lowest BCUT2D eigenvalue weighted by atomic mass is 9.77. The van der Waals surface area contributed by atoms with E-state index in [0.29, 0.717) is 29.5 Å². The minimum atomic E-state index is -0.0724. The second kappa shape index (κ2) is 11.8. The van der Waals surface area contributed by atoms with Crippen LogP contribution in [-0.2, 0) is 9.53 Å². The number of carbonyl (C=O) groups excluding carboxylic acids is 2. The van der Waals surface area contributed by atoms with Crippen LogP contribution >= 0.6 is 11.6 Å². The predicted molar refractivity (Wildman–Crippen MR) is 144 cm³/mol. The highest BCUT2D eigenvalue weighted by Crippen LogP contribution is 2.38. The number of halogens is 1. The normalized spacial score (nSPS) is 18.4. The number of nitrogens with zero attached hydrogens (tertiary/aromatic N) is 1. The summed E-state index contributed by atoms with van der Waals surface area (Å²) in [6, 6.07) is 18.3. The van der Waals surface area contributed by atoms with Crippen molar-refractivity contribution in [3.05, 3.63) is 99.3 Å². The fourth-order valence-electron chi connectivity index (χ4n) is 5.38. The minimum absolute atomic E-state index is 0.0283. The lowest BCUT2D eigenvalue weighted by molar-refractivity contribution is -0.149. The highest BCUT2D eigenvalue weighted by molar-refractivity contribution is 6.30. The SMILES string of the molecule is CCOC(=O)C1CCC(c2ccc(C(CC(=O)c3ccnc(C)c3)c3ccc(Cl)cc3C)cc2)CC1. The largest absolute Gasteiger partial charge is 0.466 e. The number of hydrogen-bond donors (Lipinski definition) is 0. The number of ketones is 1. The quantitative estimate of drug-likeness (QED) is 0.234. The van der Waals surface area contributed by atoms with Gasteiger partial charge in [-0.1, -0.05) is 41.9 Å². The average molecular weight is 504 g/mol. The molecule has 0 N–H and O–H groups in total. The van der Waals surface area contributed by atoms with E-state index in [1.165, 1.54) is 5.56 Å². The van der Waals surface area contributed by atoms with Gasteiger partial charge in [0.1, 0.15) is 0 Å². The van der Waals surface area contributed by atoms with Gasteiger partial charge in [-0.15, -0.1) is 0 Å². The van der Waals surface area contributed by atoms with Crippen LogP contribution < -0.4 is 0 Å². The third-order valence-electron chi connectivity index (χ3n) is 7.37. The number of carbonyl (C=O) groups is 2. The molecular formula is C31H34ClNO3. The number of esters is 1. The van der Waals surface area contributed by atoms with Crippen molar-refractivity contribution in [3.8, 4) is 0 Å². The van der Waals surface area contributed by atoms with Crippen molar-refractivity contribution in [1.82, 2.24) is 4.98 Å². The van der Waals surface area contributed by atoms with Gasteiger partial charge in [-0.05, 0) is 98.9 Å². The molecule has 4 nitrogen and oxygen atoms in total. The Morgan fingerprint density at radius 2 is 1.72 bits per heavy atom. The average Bonchev–Trinajstić information content (AvgIpc) is 2.88. The van der Waals surface area contributed by atoms with E-state index in [4.69, 9.17) is 16.3 Å². The van der Waals surface area contributed by atoms with E-state index in [1.807, 2.05) is 45.0 Å². The Labute approximate surface area is 219 Å². The van der Waals surface area contributed by atoms with Crippen LogP contribution in [0.15, 0.2) is 60.8 Å². The summed E-state index contributed by atoms with van der Waals surface area (Å²) < 4.78 is 5.22. The summed E-state index contributed by atoms with van der Waals surface area (Å²) in [6.45, 7) is 6.25. The molecule has 1 heterocycles. The molecule has 0 radical (unpaired) electrons. The van der Waals surface area contributed by atoms with Gasteiger partial charge in [0.15, 0.2) is 5.78 Å². The van der Waals surface area contributed by atoms with Crippen molar-refractivity contribution < 1.29 is 14.3 Å². The Morgan fingerprint density at radius 3 is 2.36 bits per heavy atom. The van der Waals surface area contributed by atoms with Crippen LogP contribution in [0.2, 0.25) is 5.02 Å². The zero-order chi connectivity index (χ0) is 25.7. The molecule has 1 atom stereocenters. The molecule has 1 unspecified atom stereocenters. The third-order valence-corrected chi connectivity index (χ3v) is 7.61. The summed E-state index contributed by atoms with van der Waals surface area (Å²) in [5.74, 6) is 0.446. The summed E-state index contributed by atoms with van der Waals surface area (Å²) in [5, 5.41) is 0.694. The predicted octanol–water partition coefficient (Wildman–Crippen LogP) is 7.59. The fourth-order valence-corrected chi connectivity index (χ4v) is 5.61. The van der Waals surface area contributed by atoms with E-state index in [0.717, 1.165) is 48.1 Å². The maximum Gasteiger partial charge on any atom is 0.308 e. The first-order chi connectivity index (χ1) is 17.4. The summed E-state index contributed by atoms with van der Waals surface area (Å²) in [7, 11) is 0. The van der Waals surface area contributed by atoms with Crippen molar-refractivity contribution in [1.29, 1.82) is 0 Å². The van der Waals surface area contributed by atoms with Gasteiger partial charge in [0.25, 0.3) is 0 Å². The molecule has 188 valence electrons. The van der Waals surface area contributed by atoms with Crippen LogP contribution in [0.1, 0.15) is 89.2 Å². The van der Waals surface area contributed by atoms with Crippen LogP contribution in [-0.4, -0.2) is 23.3 Å². The number of hydrogen-bond acceptors (Lipinski definition) is 4. The van der Waals surface area contributed by atoms with Gasteiger partial charge in [-0.25, -0.2) is 0 Å². The molecule has 1 aliphatic carbocycles. The van der Waals surface area contributed by atoms with E-state index < -0.39 is 0 Å². The standard InChI is InChI=1S/C31H34ClNO3/c1-4-36-31(35)25-11-7-23(8-12-25)22-5-9-24(10-6-22)29(28-14-13-27(32)17-20(28)2)19-30(34)26-15-16-33-21(3)18-26/h5-6,9-10,13-18,23,25,29H,4,7-8,11-12,19H2,1-3H3. The molecule has 2 aromatic carbocycles. The van der Waals surface area contributed by atoms with E-state index in [2.05, 4.69) is 29.2 Å². The van der Waals surface area contributed by atoms with E-state index in [1.54, 1.807) is 12.3 Å². The van der Waals surface area contributed by atoms with E-state index >= 15 is 0 Å². The molecule has 0 aliphatic heterocycles. The topological polar surface area (TPSA) is 56.3 Å². The van der Waals surface area contributed by atoms with Crippen LogP contribution in [0.5, 0.6) is 0 Å². The van der Waals surface area contributed by atoms with Crippen LogP contribution in [0.4, 0.5) is 0 Å². The highest BCUT2D eigenvalue weighted by Gasteiger charge is 2.28. The van der Waals surface area contributed by atoms with E-state index in [-0.39, 0.29) is 23.6 Å². The molecule has 0 saturated heterocycles. The van der Waals surface area contributed by atoms with Crippen LogP contribution in [0.3, 0.4) is 0 Å². The molecule has 4 rings (SSSR count). The minimum Gasteiger partial charge on any atom is -0.466 e. The highest BCUT2D eigenvalue weighted by atomic mass is 35.5. The van der Waals surface area contributed by atoms with Gasteiger partial charge in [0.2, 0.25) is 0 Å². The van der Waals surface area contributed by atoms with Crippen molar-refractivity contribution in [2.24, 2.45) is 5.92 Å². The van der Waals surface area contributed by atoms with Crippen molar-refractivity contribution in [3.63, 3.8) is 0 Å². The Bertz CT molecular complexity index is 1210. The number of aromatic nitrogens is 1. The summed E-state index contributed by atoms with van der Waals surface area (Å²) in [6.07, 6.45) is 5.78. The van der Waals surface area contributed by atoms with Crippen molar-refractivity contribution in [2.75, 3.05) is 6.61 Å². The first kappa shape index (κ1) is 26.1. The summed E-state index contributed by atoms with van der Waals surface area (Å²) >= 11 is 6.24. The second-order valence-corrected chi connectivity index (χ2v) is 10.3. The lowest BCUT2D eigenvalue weighted by Crippen LogP contribution is -2.23. The molecule has 1 saturated carbocycles. The van der Waals surface area contributed by atoms with Crippen LogP contribution in [0.25, 0.3) is 0 Å². The molecule has 0 bridgehead atoms. The zero-order valence-corrected chi connectivity index (χ0v) is 22.1. The Balaban J connectivity index is 1.55. The molecule has 3 aromatic rings. The Kier molecular flexibility index (Phi) is 8.58. The Morgan fingerprint density at radius 1 is 1.00 bits per heavy atom. The number of pyridine rings is 1. The maximum atomic E-state index is 13.3. The Hall–Kier alpha value is -2.98. The number of Topliss-reactive ketones (excluding diaryl/α,β-unsaturated/α-hetero) is 1.